The van der Waals surface area contributed by atoms with Gasteiger partial charge >= 0.3 is 6.03 Å². The Morgan fingerprint density at radius 3 is 2.60 bits per heavy atom. The molecule has 7 heteroatoms. The first-order valence-corrected chi connectivity index (χ1v) is 10.7. The van der Waals surface area contributed by atoms with Crippen molar-refractivity contribution in [3.05, 3.63) is 46.4 Å². The van der Waals surface area contributed by atoms with E-state index in [-0.39, 0.29) is 18.2 Å². The average Bonchev–Trinajstić information content (AvgIpc) is 2.69. The Labute approximate surface area is 178 Å². The summed E-state index contributed by atoms with van der Waals surface area (Å²) in [4.78, 5) is 26.7. The van der Waals surface area contributed by atoms with Gasteiger partial charge in [0.25, 0.3) is 0 Å². The predicted molar refractivity (Wildman–Crippen MR) is 118 cm³/mol. The highest BCUT2D eigenvalue weighted by molar-refractivity contribution is 5.90. The highest BCUT2D eigenvalue weighted by atomic mass is 16.5. The van der Waals surface area contributed by atoms with Crippen molar-refractivity contribution in [2.45, 2.75) is 59.8 Å². The molecule has 4 rings (SSSR count). The van der Waals surface area contributed by atoms with Gasteiger partial charge in [-0.25, -0.2) is 14.8 Å². The lowest BCUT2D eigenvalue weighted by Crippen LogP contribution is -2.47. The molecule has 2 atom stereocenters. The van der Waals surface area contributed by atoms with Crippen molar-refractivity contribution in [2.24, 2.45) is 0 Å². The lowest BCUT2D eigenvalue weighted by molar-refractivity contribution is -0.00557. The van der Waals surface area contributed by atoms with Gasteiger partial charge in [-0.2, -0.15) is 0 Å². The number of nitrogens with zero attached hydrogens (tertiary/aromatic N) is 4. The predicted octanol–water partition coefficient (Wildman–Crippen LogP) is 3.61. The third kappa shape index (κ3) is 4.12. The summed E-state index contributed by atoms with van der Waals surface area (Å²) in [6, 6.07) is 5.90. The average molecular weight is 410 g/mol. The van der Waals surface area contributed by atoms with Gasteiger partial charge in [0.15, 0.2) is 0 Å². The molecule has 160 valence electrons. The molecule has 1 aromatic heterocycles. The number of anilines is 2. The Balaban J connectivity index is 1.58. The van der Waals surface area contributed by atoms with E-state index in [2.05, 4.69) is 42.0 Å². The van der Waals surface area contributed by atoms with Gasteiger partial charge in [0.05, 0.1) is 24.4 Å². The van der Waals surface area contributed by atoms with Gasteiger partial charge in [0.1, 0.15) is 11.6 Å². The van der Waals surface area contributed by atoms with Crippen LogP contribution in [0.2, 0.25) is 0 Å². The third-order valence-electron chi connectivity index (χ3n) is 6.00. The molecule has 2 amide bonds. The number of aromatic nitrogens is 2. The number of rotatable bonds is 2. The maximum atomic E-state index is 13.0. The molecule has 0 aliphatic carbocycles. The molecule has 30 heavy (non-hydrogen) atoms. The molecule has 0 bridgehead atoms. The van der Waals surface area contributed by atoms with Gasteiger partial charge in [0.2, 0.25) is 0 Å². The summed E-state index contributed by atoms with van der Waals surface area (Å²) in [5.41, 5.74) is 5.24. The maximum Gasteiger partial charge on any atom is 0.322 e. The second-order valence-electron chi connectivity index (χ2n) is 8.53. The van der Waals surface area contributed by atoms with E-state index in [0.717, 1.165) is 53.7 Å². The minimum atomic E-state index is -0.0791. The van der Waals surface area contributed by atoms with Gasteiger partial charge in [-0.15, -0.1) is 0 Å². The summed E-state index contributed by atoms with van der Waals surface area (Å²) >= 11 is 0. The fourth-order valence-corrected chi connectivity index (χ4v) is 4.38. The lowest BCUT2D eigenvalue weighted by Gasteiger charge is -2.38. The SMILES string of the molecule is Cc1nc2c(c(N3CC(C)OC(C)C3)n1)CN(C(=O)Nc1cccc(C)c1C)CC2. The Bertz CT molecular complexity index is 951. The van der Waals surface area contributed by atoms with Gasteiger partial charge < -0.3 is 19.9 Å². The fourth-order valence-electron chi connectivity index (χ4n) is 4.38. The van der Waals surface area contributed by atoms with Crippen LogP contribution in [0.5, 0.6) is 0 Å². The number of carbonyl (C=O) groups excluding carboxylic acids is 1. The van der Waals surface area contributed by atoms with Gasteiger partial charge in [-0.1, -0.05) is 12.1 Å². The number of carbonyl (C=O) groups is 1. The highest BCUT2D eigenvalue weighted by Crippen LogP contribution is 2.29. The van der Waals surface area contributed by atoms with Crippen molar-refractivity contribution in [3.8, 4) is 0 Å². The standard InChI is InChI=1S/C23H31N5O2/c1-14-7-6-8-20(17(14)4)26-23(29)27-10-9-21-19(13-27)22(25-18(5)24-21)28-11-15(2)30-16(3)12-28/h6-8,15-16H,9-13H2,1-5H3,(H,26,29). The number of urea groups is 1. The van der Waals surface area contributed by atoms with Gasteiger partial charge in [-0.05, 0) is 51.8 Å². The molecular formula is C23H31N5O2. The second kappa shape index (κ2) is 8.22. The van der Waals surface area contributed by atoms with Crippen LogP contribution in [0.15, 0.2) is 18.2 Å². The molecule has 2 unspecified atom stereocenters. The number of fused-ring (bicyclic) bond motifs is 1. The van der Waals surface area contributed by atoms with Crippen molar-refractivity contribution >= 4 is 17.5 Å². The molecule has 2 aliphatic rings. The van der Waals surface area contributed by atoms with Crippen molar-refractivity contribution < 1.29 is 9.53 Å². The van der Waals surface area contributed by atoms with Crippen LogP contribution in [-0.4, -0.2) is 52.7 Å². The minimum absolute atomic E-state index is 0.0791. The van der Waals surface area contributed by atoms with Crippen molar-refractivity contribution in [1.29, 1.82) is 0 Å². The molecule has 0 radical (unpaired) electrons. The Morgan fingerprint density at radius 2 is 1.87 bits per heavy atom. The first-order valence-electron chi connectivity index (χ1n) is 10.7. The van der Waals surface area contributed by atoms with E-state index in [1.54, 1.807) is 0 Å². The van der Waals surface area contributed by atoms with Crippen LogP contribution in [0.3, 0.4) is 0 Å². The van der Waals surface area contributed by atoms with Crippen LogP contribution in [0.1, 0.15) is 42.1 Å². The van der Waals surface area contributed by atoms with Crippen molar-refractivity contribution in [3.63, 3.8) is 0 Å². The smallest absolute Gasteiger partial charge is 0.322 e. The summed E-state index contributed by atoms with van der Waals surface area (Å²) in [5.74, 6) is 1.73. The number of hydrogen-bond acceptors (Lipinski definition) is 5. The number of morpholine rings is 1. The number of ether oxygens (including phenoxy) is 1. The van der Waals surface area contributed by atoms with E-state index in [4.69, 9.17) is 9.72 Å². The fraction of sp³-hybridized carbons (Fsp3) is 0.522. The number of hydrogen-bond donors (Lipinski definition) is 1. The van der Waals surface area contributed by atoms with Crippen LogP contribution in [0.4, 0.5) is 16.3 Å². The Hall–Kier alpha value is -2.67. The quantitative estimate of drug-likeness (QED) is 0.821. The first kappa shape index (κ1) is 20.6. The highest BCUT2D eigenvalue weighted by Gasteiger charge is 2.30. The van der Waals surface area contributed by atoms with Crippen LogP contribution in [-0.2, 0) is 17.7 Å². The summed E-state index contributed by atoms with van der Waals surface area (Å²) < 4.78 is 5.90. The van der Waals surface area contributed by atoms with Gasteiger partial charge in [-0.3, -0.25) is 0 Å². The van der Waals surface area contributed by atoms with E-state index in [0.29, 0.717) is 13.1 Å². The van der Waals surface area contributed by atoms with Gasteiger partial charge in [0, 0.05) is 37.3 Å². The van der Waals surface area contributed by atoms with E-state index in [9.17, 15) is 4.79 Å². The van der Waals surface area contributed by atoms with E-state index in [1.807, 2.05) is 30.9 Å². The molecule has 3 heterocycles. The van der Waals surface area contributed by atoms with E-state index in [1.165, 1.54) is 5.56 Å². The minimum Gasteiger partial charge on any atom is -0.372 e. The van der Waals surface area contributed by atoms with Crippen LogP contribution in [0.25, 0.3) is 0 Å². The van der Waals surface area contributed by atoms with Crippen LogP contribution < -0.4 is 10.2 Å². The molecule has 7 nitrogen and oxygen atoms in total. The molecule has 0 saturated carbocycles. The zero-order valence-electron chi connectivity index (χ0n) is 18.5. The third-order valence-corrected chi connectivity index (χ3v) is 6.00. The summed E-state index contributed by atoms with van der Waals surface area (Å²) in [7, 11) is 0. The zero-order valence-corrected chi connectivity index (χ0v) is 18.5. The second-order valence-corrected chi connectivity index (χ2v) is 8.53. The largest absolute Gasteiger partial charge is 0.372 e. The molecular weight excluding hydrogens is 378 g/mol. The van der Waals surface area contributed by atoms with Crippen LogP contribution in [0, 0.1) is 20.8 Å². The molecule has 1 aromatic carbocycles. The summed E-state index contributed by atoms with van der Waals surface area (Å²) in [6.07, 6.45) is 1.03. The monoisotopic (exact) mass is 409 g/mol. The Morgan fingerprint density at radius 1 is 1.13 bits per heavy atom. The summed E-state index contributed by atoms with van der Waals surface area (Å²) in [6.45, 7) is 13.0. The van der Waals surface area contributed by atoms with E-state index >= 15 is 0 Å². The normalized spacial score (nSPS) is 21.4. The molecule has 1 saturated heterocycles. The van der Waals surface area contributed by atoms with Crippen molar-refractivity contribution in [1.82, 2.24) is 14.9 Å². The lowest BCUT2D eigenvalue weighted by atomic mass is 10.0. The molecule has 1 N–H and O–H groups in total. The molecule has 2 aliphatic heterocycles. The Kier molecular flexibility index (Phi) is 5.64. The molecule has 1 fully saturated rings. The first-order chi connectivity index (χ1) is 14.3. The zero-order chi connectivity index (χ0) is 21.4. The number of amides is 2. The number of benzene rings is 1. The van der Waals surface area contributed by atoms with Crippen molar-refractivity contribution in [2.75, 3.05) is 29.9 Å². The maximum absolute atomic E-state index is 13.0. The summed E-state index contributed by atoms with van der Waals surface area (Å²) in [5, 5.41) is 3.09. The number of nitrogens with one attached hydrogen (secondary N) is 1. The molecule has 2 aromatic rings. The topological polar surface area (TPSA) is 70.6 Å². The molecule has 0 spiro atoms. The van der Waals surface area contributed by atoms with E-state index < -0.39 is 0 Å². The van der Waals surface area contributed by atoms with Crippen LogP contribution >= 0.6 is 0 Å². The number of aryl methyl sites for hydroxylation is 2.